The minimum Gasteiger partial charge on any atom is -0.490 e. The number of hydrogen-bond donors (Lipinski definition) is 1. The van der Waals surface area contributed by atoms with Crippen LogP contribution in [0.25, 0.3) is 0 Å². The maximum absolute atomic E-state index is 13.0. The second-order valence-electron chi connectivity index (χ2n) is 6.14. The lowest BCUT2D eigenvalue weighted by molar-refractivity contribution is -0.136. The van der Waals surface area contributed by atoms with Crippen LogP contribution in [0, 0.1) is 0 Å². The molecule has 0 amide bonds. The maximum Gasteiger partial charge on any atom is 0.418 e. The monoisotopic (exact) mass is 385 g/mol. The van der Waals surface area contributed by atoms with Gasteiger partial charge in [0.05, 0.1) is 22.3 Å². The Bertz CT molecular complexity index is 858. The average Bonchev–Trinajstić information content (AvgIpc) is 3.07. The smallest absolute Gasteiger partial charge is 0.418 e. The van der Waals surface area contributed by atoms with Gasteiger partial charge in [0, 0.05) is 0 Å². The molecule has 2 aromatic carbocycles. The minimum atomic E-state index is -4.65. The summed E-state index contributed by atoms with van der Waals surface area (Å²) in [7, 11) is -4.15. The number of ether oxygens (including phenoxy) is 1. The molecule has 0 heterocycles. The van der Waals surface area contributed by atoms with Gasteiger partial charge in [0.1, 0.15) is 5.75 Å². The highest BCUT2D eigenvalue weighted by Gasteiger charge is 2.34. The summed E-state index contributed by atoms with van der Waals surface area (Å²) < 4.78 is 71.7. The largest absolute Gasteiger partial charge is 0.490 e. The summed E-state index contributed by atoms with van der Waals surface area (Å²) in [6.07, 6.45) is -0.363. The molecule has 0 spiro atoms. The number of hydrogen-bond acceptors (Lipinski definition) is 3. The second kappa shape index (κ2) is 7.19. The molecule has 4 nitrogen and oxygen atoms in total. The third kappa shape index (κ3) is 4.30. The number of nitrogens with one attached hydrogen (secondary N) is 1. The first-order chi connectivity index (χ1) is 12.3. The molecule has 1 aliphatic rings. The zero-order valence-electron chi connectivity index (χ0n) is 13.8. The van der Waals surface area contributed by atoms with E-state index in [2.05, 4.69) is 0 Å². The number of halogens is 3. The zero-order chi connectivity index (χ0) is 18.8. The molecule has 1 fully saturated rings. The van der Waals surface area contributed by atoms with E-state index in [0.717, 1.165) is 37.8 Å². The number of benzene rings is 2. The van der Waals surface area contributed by atoms with E-state index in [4.69, 9.17) is 4.74 Å². The normalized spacial score (nSPS) is 15.8. The number of rotatable bonds is 5. The van der Waals surface area contributed by atoms with Crippen molar-refractivity contribution >= 4 is 15.7 Å². The lowest BCUT2D eigenvalue weighted by atomic mass is 10.2. The Kier molecular flexibility index (Phi) is 5.13. The molecule has 0 unspecified atom stereocenters. The fraction of sp³-hybridized carbons (Fsp3) is 0.333. The predicted molar refractivity (Wildman–Crippen MR) is 91.6 cm³/mol. The van der Waals surface area contributed by atoms with Gasteiger partial charge in [-0.3, -0.25) is 4.72 Å². The molecule has 0 radical (unpaired) electrons. The molecule has 0 atom stereocenters. The lowest BCUT2D eigenvalue weighted by Crippen LogP contribution is -2.17. The molecule has 0 saturated heterocycles. The Hall–Kier alpha value is -2.22. The van der Waals surface area contributed by atoms with Crippen molar-refractivity contribution in [2.24, 2.45) is 0 Å². The summed E-state index contributed by atoms with van der Waals surface area (Å²) in [4.78, 5) is -0.131. The van der Waals surface area contributed by atoms with Crippen molar-refractivity contribution in [3.8, 4) is 5.75 Å². The van der Waals surface area contributed by atoms with Crippen molar-refractivity contribution in [3.63, 3.8) is 0 Å². The first-order valence-corrected chi connectivity index (χ1v) is 9.70. The number of alkyl halides is 3. The van der Waals surface area contributed by atoms with Gasteiger partial charge < -0.3 is 4.74 Å². The van der Waals surface area contributed by atoms with Gasteiger partial charge in [-0.05, 0) is 62.1 Å². The molecule has 140 valence electrons. The first kappa shape index (κ1) is 18.6. The average molecular weight is 385 g/mol. The van der Waals surface area contributed by atoms with Crippen LogP contribution < -0.4 is 9.46 Å². The minimum absolute atomic E-state index is 0.131. The van der Waals surface area contributed by atoms with E-state index < -0.39 is 27.5 Å². The Labute approximate surface area is 150 Å². The van der Waals surface area contributed by atoms with Crippen LogP contribution in [0.3, 0.4) is 0 Å². The standard InChI is InChI=1S/C18H18F3NO3S/c19-18(20,21)16-7-3-4-8-17(16)22-26(23,24)15-11-9-14(10-12-15)25-13-5-1-2-6-13/h3-4,7-13,22H,1-2,5-6H2. The van der Waals surface area contributed by atoms with Crippen molar-refractivity contribution in [2.75, 3.05) is 4.72 Å². The van der Waals surface area contributed by atoms with Crippen molar-refractivity contribution in [1.29, 1.82) is 0 Å². The van der Waals surface area contributed by atoms with Crippen molar-refractivity contribution in [3.05, 3.63) is 54.1 Å². The van der Waals surface area contributed by atoms with E-state index in [0.29, 0.717) is 5.75 Å². The second-order valence-corrected chi connectivity index (χ2v) is 7.83. The molecule has 3 rings (SSSR count). The Balaban J connectivity index is 1.78. The van der Waals surface area contributed by atoms with Crippen LogP contribution in [-0.4, -0.2) is 14.5 Å². The maximum atomic E-state index is 13.0. The number of sulfonamides is 1. The van der Waals surface area contributed by atoms with Crippen LogP contribution in [0.15, 0.2) is 53.4 Å². The van der Waals surface area contributed by atoms with E-state index >= 15 is 0 Å². The zero-order valence-corrected chi connectivity index (χ0v) is 14.6. The van der Waals surface area contributed by atoms with Crippen LogP contribution in [0.4, 0.5) is 18.9 Å². The van der Waals surface area contributed by atoms with Gasteiger partial charge in [0.15, 0.2) is 0 Å². The van der Waals surface area contributed by atoms with E-state index in [-0.39, 0.29) is 11.0 Å². The van der Waals surface area contributed by atoms with Crippen LogP contribution >= 0.6 is 0 Å². The highest BCUT2D eigenvalue weighted by molar-refractivity contribution is 7.92. The van der Waals surface area contributed by atoms with Crippen molar-refractivity contribution in [1.82, 2.24) is 0 Å². The highest BCUT2D eigenvalue weighted by Crippen LogP contribution is 2.35. The lowest BCUT2D eigenvalue weighted by Gasteiger charge is -2.15. The SMILES string of the molecule is O=S(=O)(Nc1ccccc1C(F)(F)F)c1ccc(OC2CCCC2)cc1. The van der Waals surface area contributed by atoms with E-state index in [9.17, 15) is 21.6 Å². The van der Waals surface area contributed by atoms with E-state index in [1.54, 1.807) is 0 Å². The third-order valence-corrected chi connectivity index (χ3v) is 5.60. The van der Waals surface area contributed by atoms with Crippen LogP contribution in [0.1, 0.15) is 31.2 Å². The van der Waals surface area contributed by atoms with Crippen molar-refractivity contribution < 1.29 is 26.3 Å². The van der Waals surface area contributed by atoms with Gasteiger partial charge in [0.2, 0.25) is 0 Å². The molecule has 1 N–H and O–H groups in total. The molecule has 8 heteroatoms. The van der Waals surface area contributed by atoms with Gasteiger partial charge in [-0.25, -0.2) is 8.42 Å². The van der Waals surface area contributed by atoms with Gasteiger partial charge in [0.25, 0.3) is 10.0 Å². The van der Waals surface area contributed by atoms with Gasteiger partial charge in [-0.1, -0.05) is 12.1 Å². The molecular formula is C18H18F3NO3S. The molecule has 0 aliphatic heterocycles. The van der Waals surface area contributed by atoms with Gasteiger partial charge >= 0.3 is 6.18 Å². The molecule has 0 bridgehead atoms. The molecule has 26 heavy (non-hydrogen) atoms. The molecule has 0 aromatic heterocycles. The van der Waals surface area contributed by atoms with Gasteiger partial charge in [-0.15, -0.1) is 0 Å². The molecular weight excluding hydrogens is 367 g/mol. The summed E-state index contributed by atoms with van der Waals surface area (Å²) in [6.45, 7) is 0. The van der Waals surface area contributed by atoms with Crippen LogP contribution in [0.5, 0.6) is 5.75 Å². The Morgan fingerprint density at radius 3 is 2.19 bits per heavy atom. The molecule has 1 saturated carbocycles. The Morgan fingerprint density at radius 2 is 1.58 bits per heavy atom. The third-order valence-electron chi connectivity index (χ3n) is 4.22. The highest BCUT2D eigenvalue weighted by atomic mass is 32.2. The van der Waals surface area contributed by atoms with E-state index in [1.807, 2.05) is 4.72 Å². The van der Waals surface area contributed by atoms with Gasteiger partial charge in [-0.2, -0.15) is 13.2 Å². The summed E-state index contributed by atoms with van der Waals surface area (Å²) in [5.74, 6) is 0.548. The van der Waals surface area contributed by atoms with E-state index in [1.165, 1.54) is 36.4 Å². The van der Waals surface area contributed by atoms with Crippen LogP contribution in [-0.2, 0) is 16.2 Å². The topological polar surface area (TPSA) is 55.4 Å². The fourth-order valence-electron chi connectivity index (χ4n) is 2.92. The predicted octanol–water partition coefficient (Wildman–Crippen LogP) is 4.83. The fourth-order valence-corrected chi connectivity index (χ4v) is 4.00. The molecule has 2 aromatic rings. The number of anilines is 1. The summed E-state index contributed by atoms with van der Waals surface area (Å²) >= 11 is 0. The summed E-state index contributed by atoms with van der Waals surface area (Å²) in [5, 5.41) is 0. The number of para-hydroxylation sites is 1. The van der Waals surface area contributed by atoms with Crippen molar-refractivity contribution in [2.45, 2.75) is 42.9 Å². The van der Waals surface area contributed by atoms with Crippen LogP contribution in [0.2, 0.25) is 0 Å². The Morgan fingerprint density at radius 1 is 0.962 bits per heavy atom. The summed E-state index contributed by atoms with van der Waals surface area (Å²) in [6, 6.07) is 10.1. The quantitative estimate of drug-likeness (QED) is 0.802. The first-order valence-electron chi connectivity index (χ1n) is 8.21. The summed E-state index contributed by atoms with van der Waals surface area (Å²) in [5.41, 5.74) is -1.55. The molecule has 1 aliphatic carbocycles.